The van der Waals surface area contributed by atoms with E-state index in [1.165, 1.54) is 0 Å². The summed E-state index contributed by atoms with van der Waals surface area (Å²) in [5.74, 6) is 0.0577. The molecule has 136 valence electrons. The molecule has 0 aromatic rings. The Morgan fingerprint density at radius 2 is 1.28 bits per heavy atom. The molecule has 3 heteroatoms. The number of hydrogen-bond donors (Lipinski definition) is 0. The fraction of sp³-hybridized carbons (Fsp3) is 0.545. The van der Waals surface area contributed by atoms with Crippen LogP contribution in [-0.2, 0) is 14.3 Å². The van der Waals surface area contributed by atoms with Crippen LogP contribution >= 0.6 is 0 Å². The summed E-state index contributed by atoms with van der Waals surface area (Å²) in [6, 6.07) is 0. The molecule has 0 spiro atoms. The molecule has 2 bridgehead atoms. The highest BCUT2D eigenvalue weighted by molar-refractivity contribution is 5.95. The van der Waals surface area contributed by atoms with Crippen LogP contribution in [0.3, 0.4) is 0 Å². The van der Waals surface area contributed by atoms with Crippen LogP contribution in [0.15, 0.2) is 50.6 Å². The quantitative estimate of drug-likeness (QED) is 0.612. The van der Waals surface area contributed by atoms with E-state index < -0.39 is 10.8 Å². The fourth-order valence-corrected chi connectivity index (χ4v) is 4.74. The summed E-state index contributed by atoms with van der Waals surface area (Å²) in [7, 11) is 0. The zero-order chi connectivity index (χ0) is 18.5. The maximum absolute atomic E-state index is 13.7. The van der Waals surface area contributed by atoms with Gasteiger partial charge in [-0.15, -0.1) is 26.3 Å². The van der Waals surface area contributed by atoms with Gasteiger partial charge in [0.2, 0.25) is 0 Å². The van der Waals surface area contributed by atoms with Gasteiger partial charge >= 0.3 is 0 Å². The smallest absolute Gasteiger partial charge is 0.150 e. The molecule has 1 aliphatic heterocycles. The van der Waals surface area contributed by atoms with Crippen molar-refractivity contribution in [3.63, 3.8) is 0 Å². The van der Waals surface area contributed by atoms with Crippen LogP contribution in [0.25, 0.3) is 0 Å². The van der Waals surface area contributed by atoms with E-state index in [2.05, 4.69) is 26.3 Å². The molecule has 0 aromatic carbocycles. The highest BCUT2D eigenvalue weighted by Gasteiger charge is 2.56. The van der Waals surface area contributed by atoms with E-state index in [9.17, 15) is 9.59 Å². The van der Waals surface area contributed by atoms with Crippen LogP contribution in [0, 0.1) is 22.7 Å². The van der Waals surface area contributed by atoms with Crippen LogP contribution in [0.1, 0.15) is 38.5 Å². The zero-order valence-electron chi connectivity index (χ0n) is 15.2. The fourth-order valence-electron chi connectivity index (χ4n) is 4.74. The van der Waals surface area contributed by atoms with E-state index in [-0.39, 0.29) is 23.4 Å². The van der Waals surface area contributed by atoms with Crippen molar-refractivity contribution < 1.29 is 14.3 Å². The Labute approximate surface area is 151 Å². The van der Waals surface area contributed by atoms with Gasteiger partial charge < -0.3 is 4.74 Å². The Balaban J connectivity index is 2.54. The number of rotatable bonds is 8. The molecule has 3 nitrogen and oxygen atoms in total. The molecule has 2 rings (SSSR count). The van der Waals surface area contributed by atoms with Crippen molar-refractivity contribution >= 4 is 11.6 Å². The summed E-state index contributed by atoms with van der Waals surface area (Å²) in [5.41, 5.74) is -1.32. The average Bonchev–Trinajstić information content (AvgIpc) is 2.58. The maximum Gasteiger partial charge on any atom is 0.150 e. The van der Waals surface area contributed by atoms with Gasteiger partial charge in [-0.25, -0.2) is 0 Å². The van der Waals surface area contributed by atoms with Gasteiger partial charge in [0.15, 0.2) is 0 Å². The van der Waals surface area contributed by atoms with E-state index in [4.69, 9.17) is 4.74 Å². The lowest BCUT2D eigenvalue weighted by Gasteiger charge is -2.50. The first kappa shape index (κ1) is 19.6. The minimum atomic E-state index is -0.661. The summed E-state index contributed by atoms with van der Waals surface area (Å²) in [4.78, 5) is 26.9. The van der Waals surface area contributed by atoms with Crippen LogP contribution in [-0.4, -0.2) is 24.8 Å². The van der Waals surface area contributed by atoms with E-state index in [1.54, 1.807) is 24.3 Å². The summed E-state index contributed by atoms with van der Waals surface area (Å²) in [5, 5.41) is 0. The molecule has 4 atom stereocenters. The minimum Gasteiger partial charge on any atom is -0.379 e. The third-order valence-corrected chi connectivity index (χ3v) is 5.77. The highest BCUT2D eigenvalue weighted by Crippen LogP contribution is 2.51. The van der Waals surface area contributed by atoms with E-state index in [0.717, 1.165) is 0 Å². The molecular formula is C22H30O3. The summed E-state index contributed by atoms with van der Waals surface area (Å²) in [6.45, 7) is 16.0. The number of hydrogen-bond acceptors (Lipinski definition) is 3. The van der Waals surface area contributed by atoms with Gasteiger partial charge in [-0.1, -0.05) is 24.3 Å². The monoisotopic (exact) mass is 342 g/mol. The second-order valence-electron chi connectivity index (χ2n) is 7.62. The highest BCUT2D eigenvalue weighted by atomic mass is 16.5. The van der Waals surface area contributed by atoms with Gasteiger partial charge in [0.1, 0.15) is 11.6 Å². The molecule has 2 fully saturated rings. The van der Waals surface area contributed by atoms with E-state index >= 15 is 0 Å². The molecule has 0 N–H and O–H groups in total. The Bertz CT molecular complexity index is 530. The van der Waals surface area contributed by atoms with Crippen LogP contribution in [0.2, 0.25) is 0 Å². The predicted molar refractivity (Wildman–Crippen MR) is 101 cm³/mol. The Kier molecular flexibility index (Phi) is 6.34. The summed E-state index contributed by atoms with van der Waals surface area (Å²) >= 11 is 0. The number of ketones is 2. The molecular weight excluding hydrogens is 312 g/mol. The number of Topliss-reactive ketones (excluding diaryl/α,β-unsaturated/α-hetero) is 2. The Hall–Kier alpha value is -1.74. The first-order chi connectivity index (χ1) is 12.0. The van der Waals surface area contributed by atoms with Crippen molar-refractivity contribution in [2.24, 2.45) is 22.7 Å². The number of carbonyl (C=O) groups excluding carboxylic acids is 2. The molecule has 0 amide bonds. The van der Waals surface area contributed by atoms with Crippen LogP contribution in [0.5, 0.6) is 0 Å². The molecule has 1 aliphatic carbocycles. The number of allylic oxidation sites excluding steroid dienone is 4. The van der Waals surface area contributed by atoms with Gasteiger partial charge in [0.05, 0.1) is 24.0 Å². The minimum absolute atomic E-state index is 0.199. The largest absolute Gasteiger partial charge is 0.379 e. The molecule has 4 unspecified atom stereocenters. The van der Waals surface area contributed by atoms with Crippen molar-refractivity contribution in [3.05, 3.63) is 50.6 Å². The van der Waals surface area contributed by atoms with Gasteiger partial charge in [-0.2, -0.15) is 0 Å². The number of ether oxygens (including phenoxy) is 1. The SMILES string of the molecule is C=CCC1CC2(CC=C)COCC(CC=C)(CC(CC=C)C1=O)C2=O. The van der Waals surface area contributed by atoms with Crippen molar-refractivity contribution in [1.82, 2.24) is 0 Å². The molecule has 0 radical (unpaired) electrons. The van der Waals surface area contributed by atoms with Crippen molar-refractivity contribution in [2.45, 2.75) is 38.5 Å². The number of fused-ring (bicyclic) bond motifs is 2. The Morgan fingerprint density at radius 3 is 1.64 bits per heavy atom. The lowest BCUT2D eigenvalue weighted by Crippen LogP contribution is -2.57. The molecule has 25 heavy (non-hydrogen) atoms. The molecule has 1 saturated heterocycles. The number of carbonyl (C=O) groups is 2. The normalized spacial score (nSPS) is 35.4. The van der Waals surface area contributed by atoms with Gasteiger partial charge in [-0.3, -0.25) is 9.59 Å². The summed E-state index contributed by atoms with van der Waals surface area (Å²) in [6.07, 6.45) is 10.4. The first-order valence-corrected chi connectivity index (χ1v) is 9.08. The zero-order valence-corrected chi connectivity index (χ0v) is 15.2. The van der Waals surface area contributed by atoms with Crippen LogP contribution in [0.4, 0.5) is 0 Å². The van der Waals surface area contributed by atoms with Crippen molar-refractivity contribution in [2.75, 3.05) is 13.2 Å². The third kappa shape index (κ3) is 3.62. The molecule has 2 aliphatic rings. The molecule has 1 saturated carbocycles. The van der Waals surface area contributed by atoms with Gasteiger partial charge in [0, 0.05) is 11.8 Å². The summed E-state index contributed by atoms with van der Waals surface area (Å²) < 4.78 is 5.96. The standard InChI is InChI=1S/C22H30O3/c1-5-9-17-13-21(11-7-3)15-25-16-22(12-8-4,20(21)24)14-18(10-6-2)19(17)23/h5-8,17-18H,1-4,9-16H2. The lowest BCUT2D eigenvalue weighted by molar-refractivity contribution is -0.168. The second kappa shape index (κ2) is 8.09. The van der Waals surface area contributed by atoms with Gasteiger partial charge in [0.25, 0.3) is 0 Å². The Morgan fingerprint density at radius 1 is 0.840 bits per heavy atom. The topological polar surface area (TPSA) is 43.4 Å². The van der Waals surface area contributed by atoms with Gasteiger partial charge in [-0.05, 0) is 38.5 Å². The predicted octanol–water partition coefficient (Wildman–Crippen LogP) is 4.46. The molecule has 0 aromatic heterocycles. The second-order valence-corrected chi connectivity index (χ2v) is 7.62. The van der Waals surface area contributed by atoms with E-state index in [0.29, 0.717) is 51.7 Å². The lowest BCUT2D eigenvalue weighted by atomic mass is 9.56. The van der Waals surface area contributed by atoms with E-state index in [1.807, 2.05) is 0 Å². The van der Waals surface area contributed by atoms with Crippen LogP contribution < -0.4 is 0 Å². The van der Waals surface area contributed by atoms with Crippen molar-refractivity contribution in [1.29, 1.82) is 0 Å². The van der Waals surface area contributed by atoms with Crippen molar-refractivity contribution in [3.8, 4) is 0 Å². The third-order valence-electron chi connectivity index (χ3n) is 5.77. The first-order valence-electron chi connectivity index (χ1n) is 9.08. The average molecular weight is 342 g/mol. The maximum atomic E-state index is 13.7. The molecule has 1 heterocycles.